The molecule has 0 saturated carbocycles. The van der Waals surface area contributed by atoms with Gasteiger partial charge in [-0.1, -0.05) is 30.3 Å². The zero-order valence-corrected chi connectivity index (χ0v) is 18.1. The fraction of sp³-hybridized carbons (Fsp3) is 0.381. The van der Waals surface area contributed by atoms with Gasteiger partial charge < -0.3 is 9.30 Å². The molecule has 0 unspecified atom stereocenters. The highest BCUT2D eigenvalue weighted by Gasteiger charge is 2.19. The zero-order valence-electron chi connectivity index (χ0n) is 18.1. The number of rotatable bonds is 8. The lowest BCUT2D eigenvalue weighted by Crippen LogP contribution is -2.37. The predicted molar refractivity (Wildman–Crippen MR) is 118 cm³/mol. The molecule has 1 aromatic carbocycles. The van der Waals surface area contributed by atoms with Gasteiger partial charge >= 0.3 is 11.7 Å². The van der Waals surface area contributed by atoms with Crippen LogP contribution in [0.3, 0.4) is 0 Å². The number of anilines is 1. The summed E-state index contributed by atoms with van der Waals surface area (Å²) in [5.74, 6) is -0.0631. The highest BCUT2D eigenvalue weighted by molar-refractivity contribution is 5.97. The minimum Gasteiger partial charge on any atom is -0.466 e. The third kappa shape index (κ3) is 4.73. The summed E-state index contributed by atoms with van der Waals surface area (Å²) >= 11 is 0. The van der Waals surface area contributed by atoms with Gasteiger partial charge in [0, 0.05) is 26.4 Å². The first-order valence-electron chi connectivity index (χ1n) is 9.98. The number of fused-ring (bicyclic) bond motifs is 1. The zero-order chi connectivity index (χ0) is 22.5. The second-order valence-electron chi connectivity index (χ2n) is 7.14. The van der Waals surface area contributed by atoms with Crippen LogP contribution >= 0.6 is 0 Å². The Morgan fingerprint density at radius 1 is 1.16 bits per heavy atom. The van der Waals surface area contributed by atoms with Crippen LogP contribution < -0.4 is 16.7 Å². The lowest BCUT2D eigenvalue weighted by Gasteiger charge is -2.10. The van der Waals surface area contributed by atoms with Crippen LogP contribution in [0.5, 0.6) is 0 Å². The fourth-order valence-corrected chi connectivity index (χ4v) is 3.24. The number of hydrazone groups is 1. The van der Waals surface area contributed by atoms with E-state index in [1.807, 2.05) is 30.3 Å². The summed E-state index contributed by atoms with van der Waals surface area (Å²) in [5, 5.41) is 4.22. The number of esters is 1. The topological polar surface area (TPSA) is 113 Å². The maximum absolute atomic E-state index is 12.9. The number of ether oxygens (including phenoxy) is 1. The van der Waals surface area contributed by atoms with E-state index in [2.05, 4.69) is 15.5 Å². The van der Waals surface area contributed by atoms with Crippen LogP contribution in [0.25, 0.3) is 11.2 Å². The quantitative estimate of drug-likeness (QED) is 0.331. The van der Waals surface area contributed by atoms with Crippen LogP contribution in [0.1, 0.15) is 25.8 Å². The molecule has 2 heterocycles. The van der Waals surface area contributed by atoms with Crippen molar-refractivity contribution < 1.29 is 9.53 Å². The summed E-state index contributed by atoms with van der Waals surface area (Å²) < 4.78 is 9.03. The minimum absolute atomic E-state index is 0.0331. The van der Waals surface area contributed by atoms with E-state index in [9.17, 15) is 14.4 Å². The average molecular weight is 426 g/mol. The van der Waals surface area contributed by atoms with E-state index >= 15 is 0 Å². The monoisotopic (exact) mass is 426 g/mol. The van der Waals surface area contributed by atoms with Crippen LogP contribution in [0.15, 0.2) is 45.0 Å². The maximum Gasteiger partial charge on any atom is 0.332 e. The molecule has 3 aromatic rings. The molecule has 1 N–H and O–H groups in total. The number of carbonyl (C=O) groups is 1. The van der Waals surface area contributed by atoms with Gasteiger partial charge in [-0.2, -0.15) is 10.1 Å². The number of benzene rings is 1. The van der Waals surface area contributed by atoms with Crippen molar-refractivity contribution in [1.82, 2.24) is 18.7 Å². The summed E-state index contributed by atoms with van der Waals surface area (Å²) in [7, 11) is 3.01. The van der Waals surface area contributed by atoms with Crippen molar-refractivity contribution >= 4 is 28.8 Å². The summed E-state index contributed by atoms with van der Waals surface area (Å²) in [5.41, 5.74) is 4.13. The molecule has 10 nitrogen and oxygen atoms in total. The number of hydrogen-bond acceptors (Lipinski definition) is 7. The molecule has 0 amide bonds. The molecule has 0 aliphatic carbocycles. The second-order valence-corrected chi connectivity index (χ2v) is 7.14. The van der Waals surface area contributed by atoms with Gasteiger partial charge in [-0.25, -0.2) is 10.2 Å². The Hall–Kier alpha value is -3.69. The maximum atomic E-state index is 12.9. The number of aromatic nitrogens is 4. The highest BCUT2D eigenvalue weighted by Crippen LogP contribution is 2.17. The average Bonchev–Trinajstić information content (AvgIpc) is 3.12. The van der Waals surface area contributed by atoms with Gasteiger partial charge in [-0.15, -0.1) is 0 Å². The molecular formula is C21H26N6O4. The summed E-state index contributed by atoms with van der Waals surface area (Å²) in [6.45, 7) is 4.17. The number of imidazole rings is 1. The molecule has 10 heteroatoms. The predicted octanol–water partition coefficient (Wildman–Crippen LogP) is 1.42. The number of aryl methyl sites for hydroxylation is 3. The van der Waals surface area contributed by atoms with Crippen molar-refractivity contribution in [3.8, 4) is 0 Å². The van der Waals surface area contributed by atoms with E-state index in [1.165, 1.54) is 11.6 Å². The molecule has 0 spiro atoms. The van der Waals surface area contributed by atoms with Gasteiger partial charge in [0.05, 0.1) is 13.0 Å². The van der Waals surface area contributed by atoms with Crippen molar-refractivity contribution in [1.29, 1.82) is 0 Å². The van der Waals surface area contributed by atoms with Crippen molar-refractivity contribution in [2.75, 3.05) is 12.0 Å². The normalized spacial score (nSPS) is 11.7. The molecular weight excluding hydrogens is 400 g/mol. The molecule has 31 heavy (non-hydrogen) atoms. The molecule has 0 saturated heterocycles. The van der Waals surface area contributed by atoms with E-state index in [0.29, 0.717) is 36.7 Å². The fourth-order valence-electron chi connectivity index (χ4n) is 3.24. The van der Waals surface area contributed by atoms with E-state index in [1.54, 1.807) is 25.5 Å². The largest absolute Gasteiger partial charge is 0.466 e. The standard InChI is InChI=1S/C21H26N6O4/c1-5-31-16(28)13-14(2)23-24-20-22-18-17(19(29)26(4)21(30)25(18)3)27(20)12-11-15-9-7-6-8-10-15/h6-10H,5,11-13H2,1-4H3,(H,22,24)/b23-14-. The summed E-state index contributed by atoms with van der Waals surface area (Å²) in [4.78, 5) is 41.3. The number of nitrogens with zero attached hydrogens (tertiary/aromatic N) is 5. The highest BCUT2D eigenvalue weighted by atomic mass is 16.5. The lowest BCUT2D eigenvalue weighted by molar-refractivity contribution is -0.141. The van der Waals surface area contributed by atoms with Crippen molar-refractivity contribution in [3.63, 3.8) is 0 Å². The molecule has 0 fully saturated rings. The smallest absolute Gasteiger partial charge is 0.332 e. The Morgan fingerprint density at radius 3 is 2.55 bits per heavy atom. The van der Waals surface area contributed by atoms with E-state index in [4.69, 9.17) is 4.74 Å². The third-order valence-corrected chi connectivity index (χ3v) is 4.87. The van der Waals surface area contributed by atoms with Gasteiger partial charge in [0.2, 0.25) is 5.95 Å². The SMILES string of the molecule is CCOC(=O)C/C(C)=N\Nc1nc2c(c(=O)n(C)c(=O)n2C)n1CCc1ccccc1. The molecule has 0 bridgehead atoms. The number of carbonyl (C=O) groups excluding carboxylic acids is 1. The van der Waals surface area contributed by atoms with Gasteiger partial charge in [-0.05, 0) is 25.8 Å². The first-order chi connectivity index (χ1) is 14.8. The Labute approximate surface area is 178 Å². The second kappa shape index (κ2) is 9.41. The van der Waals surface area contributed by atoms with Gasteiger partial charge in [0.15, 0.2) is 11.2 Å². The molecule has 0 atom stereocenters. The van der Waals surface area contributed by atoms with Crippen LogP contribution in [0, 0.1) is 0 Å². The Balaban J connectivity index is 2.01. The molecule has 0 aliphatic heterocycles. The first kappa shape index (κ1) is 22.0. The molecule has 0 aliphatic rings. The first-order valence-corrected chi connectivity index (χ1v) is 9.98. The van der Waals surface area contributed by atoms with Gasteiger partial charge in [0.1, 0.15) is 0 Å². The molecule has 3 rings (SSSR count). The Bertz CT molecular complexity index is 1240. The van der Waals surface area contributed by atoms with Gasteiger partial charge in [-0.3, -0.25) is 18.7 Å². The molecule has 164 valence electrons. The van der Waals surface area contributed by atoms with E-state index in [-0.39, 0.29) is 18.0 Å². The minimum atomic E-state index is -0.459. The summed E-state index contributed by atoms with van der Waals surface area (Å²) in [6.07, 6.45) is 0.684. The number of nitrogens with one attached hydrogen (secondary N) is 1. The Kier molecular flexibility index (Phi) is 6.68. The van der Waals surface area contributed by atoms with Crippen molar-refractivity contribution in [2.45, 2.75) is 33.2 Å². The van der Waals surface area contributed by atoms with E-state index < -0.39 is 11.2 Å². The van der Waals surface area contributed by atoms with Crippen LogP contribution in [-0.4, -0.2) is 37.0 Å². The van der Waals surface area contributed by atoms with Crippen molar-refractivity contribution in [2.24, 2.45) is 19.2 Å². The van der Waals surface area contributed by atoms with E-state index in [0.717, 1.165) is 10.1 Å². The molecule has 0 radical (unpaired) electrons. The van der Waals surface area contributed by atoms with Gasteiger partial charge in [0.25, 0.3) is 5.56 Å². The molecule has 2 aromatic heterocycles. The van der Waals surface area contributed by atoms with Crippen LogP contribution in [0.4, 0.5) is 5.95 Å². The van der Waals surface area contributed by atoms with Crippen LogP contribution in [-0.2, 0) is 36.6 Å². The summed E-state index contributed by atoms with van der Waals surface area (Å²) in [6, 6.07) is 9.84. The third-order valence-electron chi connectivity index (χ3n) is 4.87. The van der Waals surface area contributed by atoms with Crippen molar-refractivity contribution in [3.05, 3.63) is 56.7 Å². The van der Waals surface area contributed by atoms with Crippen LogP contribution in [0.2, 0.25) is 0 Å². The Morgan fingerprint density at radius 2 is 1.87 bits per heavy atom. The number of hydrogen-bond donors (Lipinski definition) is 1. The lowest BCUT2D eigenvalue weighted by atomic mass is 10.1.